The van der Waals surface area contributed by atoms with Crippen LogP contribution < -0.4 is 4.72 Å². The first-order valence-corrected chi connectivity index (χ1v) is 7.13. The van der Waals surface area contributed by atoms with E-state index in [0.29, 0.717) is 6.42 Å². The normalized spacial score (nSPS) is 12.3. The van der Waals surface area contributed by atoms with Gasteiger partial charge in [0.05, 0.1) is 4.90 Å². The van der Waals surface area contributed by atoms with Crippen LogP contribution in [0.5, 0.6) is 0 Å². The van der Waals surface area contributed by atoms with Gasteiger partial charge < -0.3 is 4.74 Å². The predicted molar refractivity (Wildman–Crippen MR) is 70.9 cm³/mol. The van der Waals surface area contributed by atoms with Gasteiger partial charge in [-0.05, 0) is 25.5 Å². The van der Waals surface area contributed by atoms with E-state index in [2.05, 4.69) is 5.92 Å². The Bertz CT molecular complexity index is 584. The molecule has 0 spiro atoms. The Kier molecular flexibility index (Phi) is 4.95. The van der Waals surface area contributed by atoms with Gasteiger partial charge >= 0.3 is 6.09 Å². The number of terminal acetylenes is 1. The van der Waals surface area contributed by atoms with Gasteiger partial charge in [0, 0.05) is 0 Å². The molecular formula is C13H15NO4S. The average Bonchev–Trinajstić information content (AvgIpc) is 2.35. The Labute approximate surface area is 113 Å². The van der Waals surface area contributed by atoms with Crippen molar-refractivity contribution in [1.29, 1.82) is 0 Å². The molecule has 0 bridgehead atoms. The molecule has 0 heterocycles. The molecule has 0 fully saturated rings. The van der Waals surface area contributed by atoms with Crippen molar-refractivity contribution >= 4 is 16.1 Å². The maximum Gasteiger partial charge on any atom is 0.422 e. The lowest BCUT2D eigenvalue weighted by Gasteiger charge is -2.11. The largest absolute Gasteiger partial charge is 0.432 e. The summed E-state index contributed by atoms with van der Waals surface area (Å²) in [5.74, 6) is 2.24. The number of aryl methyl sites for hydroxylation is 1. The van der Waals surface area contributed by atoms with Crippen molar-refractivity contribution in [1.82, 2.24) is 4.72 Å². The highest BCUT2D eigenvalue weighted by atomic mass is 32.2. The predicted octanol–water partition coefficient (Wildman–Crippen LogP) is 1.82. The summed E-state index contributed by atoms with van der Waals surface area (Å²) in [7, 11) is -3.93. The van der Waals surface area contributed by atoms with Crippen LogP contribution in [0.3, 0.4) is 0 Å². The summed E-state index contributed by atoms with van der Waals surface area (Å²) in [4.78, 5) is 11.4. The van der Waals surface area contributed by atoms with Crippen LogP contribution in [-0.2, 0) is 14.8 Å². The lowest BCUT2D eigenvalue weighted by atomic mass is 10.2. The molecule has 0 aliphatic heterocycles. The van der Waals surface area contributed by atoms with Gasteiger partial charge in [-0.2, -0.15) is 0 Å². The number of amides is 1. The molecular weight excluding hydrogens is 266 g/mol. The molecule has 0 aromatic heterocycles. The van der Waals surface area contributed by atoms with Crippen molar-refractivity contribution in [2.45, 2.75) is 31.3 Å². The van der Waals surface area contributed by atoms with Crippen molar-refractivity contribution in [3.05, 3.63) is 29.8 Å². The molecule has 1 aromatic carbocycles. The van der Waals surface area contributed by atoms with Crippen LogP contribution in [0.2, 0.25) is 0 Å². The quantitative estimate of drug-likeness (QED) is 0.854. The molecule has 1 aromatic rings. The van der Waals surface area contributed by atoms with Crippen molar-refractivity contribution in [3.8, 4) is 12.3 Å². The fraction of sp³-hybridized carbons (Fsp3) is 0.308. The summed E-state index contributed by atoms with van der Waals surface area (Å²) < 4.78 is 30.3. The van der Waals surface area contributed by atoms with Gasteiger partial charge in [-0.1, -0.05) is 30.5 Å². The second-order valence-electron chi connectivity index (χ2n) is 3.89. The lowest BCUT2D eigenvalue weighted by Crippen LogP contribution is -2.33. The van der Waals surface area contributed by atoms with E-state index in [1.807, 2.05) is 6.92 Å². The van der Waals surface area contributed by atoms with Crippen molar-refractivity contribution in [2.75, 3.05) is 0 Å². The highest BCUT2D eigenvalue weighted by Crippen LogP contribution is 2.10. The molecule has 0 aliphatic rings. The number of sulfonamides is 1. The van der Waals surface area contributed by atoms with Crippen LogP contribution in [0.15, 0.2) is 29.2 Å². The standard InChI is InChI=1S/C13H15NO4S/c1-4-11(5-2)18-13(15)14-19(16,17)12-8-6-10(3)7-9-12/h1,6-9,11H,5H2,2-3H3,(H,14,15). The summed E-state index contributed by atoms with van der Waals surface area (Å²) in [6.45, 7) is 3.56. The molecule has 0 aliphatic carbocycles. The summed E-state index contributed by atoms with van der Waals surface area (Å²) in [6, 6.07) is 6.08. The van der Waals surface area contributed by atoms with E-state index in [9.17, 15) is 13.2 Å². The second kappa shape index (κ2) is 6.25. The summed E-state index contributed by atoms with van der Waals surface area (Å²) in [5, 5.41) is 0. The van der Waals surface area contributed by atoms with E-state index in [4.69, 9.17) is 11.2 Å². The monoisotopic (exact) mass is 281 g/mol. The van der Waals surface area contributed by atoms with Crippen LogP contribution in [0.1, 0.15) is 18.9 Å². The van der Waals surface area contributed by atoms with E-state index in [-0.39, 0.29) is 4.90 Å². The molecule has 5 nitrogen and oxygen atoms in total. The maximum atomic E-state index is 11.8. The number of hydrogen-bond acceptors (Lipinski definition) is 4. The van der Waals surface area contributed by atoms with Crippen LogP contribution >= 0.6 is 0 Å². The molecule has 6 heteroatoms. The van der Waals surface area contributed by atoms with Gasteiger partial charge in [0.25, 0.3) is 10.0 Å². The van der Waals surface area contributed by atoms with E-state index in [1.165, 1.54) is 12.1 Å². The van der Waals surface area contributed by atoms with E-state index >= 15 is 0 Å². The molecule has 0 saturated carbocycles. The number of nitrogens with one attached hydrogen (secondary N) is 1. The van der Waals surface area contributed by atoms with Gasteiger partial charge in [-0.25, -0.2) is 17.9 Å². The van der Waals surface area contributed by atoms with Crippen molar-refractivity contribution in [2.24, 2.45) is 0 Å². The van der Waals surface area contributed by atoms with Gasteiger partial charge in [-0.15, -0.1) is 6.42 Å². The minimum Gasteiger partial charge on any atom is -0.432 e. The summed E-state index contributed by atoms with van der Waals surface area (Å²) >= 11 is 0. The highest BCUT2D eigenvalue weighted by molar-refractivity contribution is 7.90. The van der Waals surface area contributed by atoms with Gasteiger partial charge in [-0.3, -0.25) is 0 Å². The Morgan fingerprint density at radius 2 is 2.00 bits per heavy atom. The molecule has 1 atom stereocenters. The number of hydrogen-bond donors (Lipinski definition) is 1. The first-order valence-electron chi connectivity index (χ1n) is 5.65. The molecule has 0 radical (unpaired) electrons. The molecule has 19 heavy (non-hydrogen) atoms. The first kappa shape index (κ1) is 15.1. The molecule has 1 amide bonds. The third-order valence-electron chi connectivity index (χ3n) is 2.35. The lowest BCUT2D eigenvalue weighted by molar-refractivity contribution is 0.127. The molecule has 1 N–H and O–H groups in total. The van der Waals surface area contributed by atoms with Crippen LogP contribution in [-0.4, -0.2) is 20.6 Å². The van der Waals surface area contributed by atoms with Crippen LogP contribution in [0.4, 0.5) is 4.79 Å². The van der Waals surface area contributed by atoms with E-state index in [1.54, 1.807) is 23.8 Å². The zero-order valence-electron chi connectivity index (χ0n) is 10.7. The third kappa shape index (κ3) is 4.30. The molecule has 1 rings (SSSR count). The van der Waals surface area contributed by atoms with Gasteiger partial charge in [0.2, 0.25) is 0 Å². The van der Waals surface area contributed by atoms with E-state index in [0.717, 1.165) is 5.56 Å². The number of rotatable bonds is 4. The van der Waals surface area contributed by atoms with E-state index < -0.39 is 22.2 Å². The Balaban J connectivity index is 2.78. The SMILES string of the molecule is C#CC(CC)OC(=O)NS(=O)(=O)c1ccc(C)cc1. The maximum absolute atomic E-state index is 11.8. The Morgan fingerprint density at radius 1 is 1.42 bits per heavy atom. The summed E-state index contributed by atoms with van der Waals surface area (Å²) in [6.07, 6.45) is 3.71. The number of ether oxygens (including phenoxy) is 1. The number of carbonyl (C=O) groups is 1. The molecule has 1 unspecified atom stereocenters. The number of benzene rings is 1. The number of carbonyl (C=O) groups excluding carboxylic acids is 1. The zero-order valence-corrected chi connectivity index (χ0v) is 11.5. The van der Waals surface area contributed by atoms with Crippen LogP contribution in [0, 0.1) is 19.3 Å². The van der Waals surface area contributed by atoms with Gasteiger partial charge in [0.1, 0.15) is 0 Å². The molecule has 102 valence electrons. The highest BCUT2D eigenvalue weighted by Gasteiger charge is 2.19. The average molecular weight is 281 g/mol. The van der Waals surface area contributed by atoms with Crippen molar-refractivity contribution < 1.29 is 17.9 Å². The second-order valence-corrected chi connectivity index (χ2v) is 5.57. The zero-order chi connectivity index (χ0) is 14.5. The summed E-state index contributed by atoms with van der Waals surface area (Å²) in [5.41, 5.74) is 0.917. The Hall–Kier alpha value is -2.00. The first-order chi connectivity index (χ1) is 8.89. The smallest absolute Gasteiger partial charge is 0.422 e. The Morgan fingerprint density at radius 3 is 2.47 bits per heavy atom. The minimum atomic E-state index is -3.93. The molecule has 0 saturated heterocycles. The topological polar surface area (TPSA) is 72.5 Å². The van der Waals surface area contributed by atoms with Crippen molar-refractivity contribution in [3.63, 3.8) is 0 Å². The fourth-order valence-corrected chi connectivity index (χ4v) is 2.15. The van der Waals surface area contributed by atoms with Crippen LogP contribution in [0.25, 0.3) is 0 Å². The fourth-order valence-electron chi connectivity index (χ4n) is 1.27. The minimum absolute atomic E-state index is 0.0104. The van der Waals surface area contributed by atoms with Gasteiger partial charge in [0.15, 0.2) is 6.10 Å². The third-order valence-corrected chi connectivity index (χ3v) is 3.68.